The van der Waals surface area contributed by atoms with E-state index in [-0.39, 0.29) is 23.1 Å². The van der Waals surface area contributed by atoms with Gasteiger partial charge < -0.3 is 0 Å². The Bertz CT molecular complexity index is 1130. The number of rotatable bonds is 5. The van der Waals surface area contributed by atoms with Crippen LogP contribution in [0.5, 0.6) is 0 Å². The lowest BCUT2D eigenvalue weighted by molar-refractivity contribution is 0.194. The Morgan fingerprint density at radius 1 is 1.30 bits per heavy atom. The van der Waals surface area contributed by atoms with E-state index in [1.165, 1.54) is 10.5 Å². The predicted octanol–water partition coefficient (Wildman–Crippen LogP) is 2.60. The third-order valence-corrected chi connectivity index (χ3v) is 7.54. The van der Waals surface area contributed by atoms with Crippen LogP contribution in [-0.2, 0) is 22.9 Å². The number of sulfone groups is 1. The van der Waals surface area contributed by atoms with Crippen LogP contribution >= 0.6 is 22.9 Å². The third kappa shape index (κ3) is 4.24. The van der Waals surface area contributed by atoms with Gasteiger partial charge >= 0.3 is 0 Å². The topological polar surface area (TPSA) is 71.8 Å². The molecule has 0 amide bonds. The average molecular weight is 424 g/mol. The fraction of sp³-hybridized carbons (Fsp3) is 0.333. The van der Waals surface area contributed by atoms with Gasteiger partial charge in [0, 0.05) is 36.3 Å². The highest BCUT2D eigenvalue weighted by Gasteiger charge is 2.32. The number of hydrogen-bond donors (Lipinski definition) is 0. The number of fused-ring (bicyclic) bond motifs is 1. The van der Waals surface area contributed by atoms with Crippen LogP contribution in [0.1, 0.15) is 17.0 Å². The highest BCUT2D eigenvalue weighted by Crippen LogP contribution is 2.23. The lowest BCUT2D eigenvalue weighted by atomic mass is 10.2. The Balaban J connectivity index is 1.65. The van der Waals surface area contributed by atoms with Gasteiger partial charge in [0.25, 0.3) is 5.56 Å². The summed E-state index contributed by atoms with van der Waals surface area (Å²) in [5, 5.41) is 2.47. The van der Waals surface area contributed by atoms with Crippen LogP contribution in [-0.4, -0.2) is 40.2 Å². The molecule has 4 rings (SSSR count). The zero-order valence-electron chi connectivity index (χ0n) is 14.4. The summed E-state index contributed by atoms with van der Waals surface area (Å²) in [6, 6.07) is 8.84. The van der Waals surface area contributed by atoms with Crippen molar-refractivity contribution in [2.75, 3.05) is 11.5 Å². The minimum Gasteiger partial charge on any atom is -0.288 e. The molecule has 0 aromatic carbocycles. The van der Waals surface area contributed by atoms with Crippen LogP contribution in [0.2, 0.25) is 5.02 Å². The molecule has 1 atom stereocenters. The monoisotopic (exact) mass is 423 g/mol. The van der Waals surface area contributed by atoms with E-state index in [4.69, 9.17) is 11.6 Å². The summed E-state index contributed by atoms with van der Waals surface area (Å²) in [4.78, 5) is 20.3. The van der Waals surface area contributed by atoms with Crippen LogP contribution in [0.25, 0.3) is 5.65 Å². The van der Waals surface area contributed by atoms with E-state index in [0.717, 1.165) is 4.88 Å². The lowest BCUT2D eigenvalue weighted by Gasteiger charge is -2.27. The van der Waals surface area contributed by atoms with Crippen molar-refractivity contribution < 1.29 is 8.42 Å². The molecule has 1 saturated heterocycles. The van der Waals surface area contributed by atoms with Gasteiger partial charge in [-0.25, -0.2) is 13.4 Å². The summed E-state index contributed by atoms with van der Waals surface area (Å²) in [5.41, 5.74) is 0.952. The largest absolute Gasteiger partial charge is 0.288 e. The molecule has 9 heteroatoms. The molecule has 1 fully saturated rings. The van der Waals surface area contributed by atoms with E-state index in [1.807, 2.05) is 17.5 Å². The molecule has 27 heavy (non-hydrogen) atoms. The maximum Gasteiger partial charge on any atom is 0.258 e. The Morgan fingerprint density at radius 2 is 2.15 bits per heavy atom. The van der Waals surface area contributed by atoms with Gasteiger partial charge in [-0.2, -0.15) is 0 Å². The average Bonchev–Trinajstić information content (AvgIpc) is 3.24. The number of halogens is 1. The van der Waals surface area contributed by atoms with Crippen LogP contribution < -0.4 is 5.56 Å². The van der Waals surface area contributed by atoms with E-state index in [0.29, 0.717) is 35.9 Å². The van der Waals surface area contributed by atoms with Crippen molar-refractivity contribution in [3.63, 3.8) is 0 Å². The van der Waals surface area contributed by atoms with Crippen molar-refractivity contribution in [1.29, 1.82) is 0 Å². The minimum atomic E-state index is -3.00. The van der Waals surface area contributed by atoms with Crippen LogP contribution in [0.4, 0.5) is 0 Å². The van der Waals surface area contributed by atoms with Crippen molar-refractivity contribution in [3.05, 3.63) is 67.9 Å². The van der Waals surface area contributed by atoms with Crippen LogP contribution in [0.3, 0.4) is 0 Å². The number of hydrogen-bond acceptors (Lipinski definition) is 6. The summed E-state index contributed by atoms with van der Waals surface area (Å²) < 4.78 is 25.3. The quantitative estimate of drug-likeness (QED) is 0.630. The second-order valence-corrected chi connectivity index (χ2v) is 10.4. The van der Waals surface area contributed by atoms with Crippen molar-refractivity contribution in [2.24, 2.45) is 0 Å². The second kappa shape index (κ2) is 7.35. The maximum atomic E-state index is 12.4. The van der Waals surface area contributed by atoms with Gasteiger partial charge in [0.05, 0.1) is 22.2 Å². The fourth-order valence-corrected chi connectivity index (χ4v) is 6.05. The number of nitrogens with zero attached hydrogens (tertiary/aromatic N) is 3. The molecule has 4 heterocycles. The van der Waals surface area contributed by atoms with Gasteiger partial charge in [-0.15, -0.1) is 11.3 Å². The van der Waals surface area contributed by atoms with Crippen molar-refractivity contribution in [1.82, 2.24) is 14.3 Å². The smallest absolute Gasteiger partial charge is 0.258 e. The highest BCUT2D eigenvalue weighted by molar-refractivity contribution is 7.91. The molecule has 0 radical (unpaired) electrons. The molecule has 0 aliphatic carbocycles. The molecule has 142 valence electrons. The SMILES string of the molecule is O=c1cc(CN(Cc2cccs2)C2CCS(=O)(=O)C2)nc2ccc(Cl)cn12. The van der Waals surface area contributed by atoms with Gasteiger partial charge in [0.2, 0.25) is 0 Å². The van der Waals surface area contributed by atoms with Crippen LogP contribution in [0, 0.1) is 0 Å². The van der Waals surface area contributed by atoms with Gasteiger partial charge in [0.15, 0.2) is 9.84 Å². The number of aromatic nitrogens is 2. The maximum absolute atomic E-state index is 12.4. The summed E-state index contributed by atoms with van der Waals surface area (Å²) in [6.07, 6.45) is 2.15. The zero-order valence-corrected chi connectivity index (χ0v) is 16.8. The van der Waals surface area contributed by atoms with Gasteiger partial charge in [0.1, 0.15) is 5.65 Å². The molecular formula is C18H18ClN3O3S2. The second-order valence-electron chi connectivity index (χ2n) is 6.70. The fourth-order valence-electron chi connectivity index (χ4n) is 3.40. The molecule has 0 saturated carbocycles. The molecule has 0 bridgehead atoms. The first-order chi connectivity index (χ1) is 12.9. The molecule has 0 spiro atoms. The van der Waals surface area contributed by atoms with E-state index >= 15 is 0 Å². The van der Waals surface area contributed by atoms with E-state index < -0.39 is 9.84 Å². The summed E-state index contributed by atoms with van der Waals surface area (Å²) in [6.45, 7) is 1.06. The van der Waals surface area contributed by atoms with Crippen molar-refractivity contribution in [3.8, 4) is 0 Å². The summed E-state index contributed by atoms with van der Waals surface area (Å²) >= 11 is 7.59. The molecule has 6 nitrogen and oxygen atoms in total. The highest BCUT2D eigenvalue weighted by atomic mass is 35.5. The Morgan fingerprint density at radius 3 is 2.85 bits per heavy atom. The molecule has 3 aromatic heterocycles. The number of thiophene rings is 1. The minimum absolute atomic E-state index is 0.0671. The molecule has 1 unspecified atom stereocenters. The van der Waals surface area contributed by atoms with E-state index in [1.54, 1.807) is 29.7 Å². The summed E-state index contributed by atoms with van der Waals surface area (Å²) in [7, 11) is -3.00. The summed E-state index contributed by atoms with van der Waals surface area (Å²) in [5.74, 6) is 0.367. The predicted molar refractivity (Wildman–Crippen MR) is 107 cm³/mol. The lowest BCUT2D eigenvalue weighted by Crippen LogP contribution is -2.35. The first-order valence-corrected chi connectivity index (χ1v) is 11.6. The van der Waals surface area contributed by atoms with Crippen molar-refractivity contribution >= 4 is 38.4 Å². The molecule has 1 aliphatic heterocycles. The molecule has 1 aliphatic rings. The van der Waals surface area contributed by atoms with Gasteiger partial charge in [-0.3, -0.25) is 14.1 Å². The Labute approximate surface area is 166 Å². The van der Waals surface area contributed by atoms with E-state index in [2.05, 4.69) is 9.88 Å². The number of pyridine rings is 1. The Hall–Kier alpha value is -1.74. The Kier molecular flexibility index (Phi) is 5.07. The van der Waals surface area contributed by atoms with Crippen LogP contribution in [0.15, 0.2) is 46.7 Å². The zero-order chi connectivity index (χ0) is 19.0. The normalized spacial score (nSPS) is 19.1. The molecule has 3 aromatic rings. The van der Waals surface area contributed by atoms with Crippen molar-refractivity contribution in [2.45, 2.75) is 25.6 Å². The third-order valence-electron chi connectivity index (χ3n) is 4.71. The van der Waals surface area contributed by atoms with Gasteiger partial charge in [-0.1, -0.05) is 17.7 Å². The van der Waals surface area contributed by atoms with Gasteiger partial charge in [-0.05, 0) is 30.0 Å². The van der Waals surface area contributed by atoms with E-state index in [9.17, 15) is 13.2 Å². The first kappa shape index (κ1) is 18.6. The first-order valence-electron chi connectivity index (χ1n) is 8.54. The standard InChI is InChI=1S/C18H18ClN3O3S2/c19-13-3-4-17-20-14(8-18(23)22(17)9-13)10-21(11-16-2-1-6-26-16)15-5-7-27(24,25)12-15/h1-4,6,8-9,15H,5,7,10-12H2. The molecular weight excluding hydrogens is 406 g/mol. The molecule has 0 N–H and O–H groups in total.